The highest BCUT2D eigenvalue weighted by Crippen LogP contribution is 2.29. The highest BCUT2D eigenvalue weighted by Gasteiger charge is 2.22. The first-order valence-electron chi connectivity index (χ1n) is 6.23. The van der Waals surface area contributed by atoms with Crippen molar-refractivity contribution in [1.29, 1.82) is 0 Å². The molecule has 1 N–H and O–H groups in total. The third-order valence-electron chi connectivity index (χ3n) is 2.99. The van der Waals surface area contributed by atoms with Gasteiger partial charge in [-0.1, -0.05) is 36.4 Å². The fourth-order valence-corrected chi connectivity index (χ4v) is 2.78. The second-order valence-corrected chi connectivity index (χ2v) is 5.99. The van der Waals surface area contributed by atoms with E-state index in [1.807, 2.05) is 0 Å². The summed E-state index contributed by atoms with van der Waals surface area (Å²) in [4.78, 5) is 11.1. The molecule has 5 nitrogen and oxygen atoms in total. The molecule has 0 saturated heterocycles. The summed E-state index contributed by atoms with van der Waals surface area (Å²) in [6, 6.07) is 13.9. The lowest BCUT2D eigenvalue weighted by atomic mass is 10.0. The van der Waals surface area contributed by atoms with Gasteiger partial charge in [0.05, 0.1) is 5.92 Å². The summed E-state index contributed by atoms with van der Waals surface area (Å²) < 4.78 is 29.5. The lowest BCUT2D eigenvalue weighted by Crippen LogP contribution is -2.14. The SMILES string of the molecule is CC(C(=O)O)c1ccccc1OS(=O)(=O)c1ccccc1. The zero-order valence-corrected chi connectivity index (χ0v) is 12.1. The number of rotatable bonds is 5. The van der Waals surface area contributed by atoms with Crippen LogP contribution in [0, 0.1) is 0 Å². The topological polar surface area (TPSA) is 80.7 Å². The fourth-order valence-electron chi connectivity index (χ4n) is 1.80. The number of para-hydroxylation sites is 1. The molecule has 0 fully saturated rings. The molecular weight excluding hydrogens is 292 g/mol. The molecule has 2 aromatic carbocycles. The Morgan fingerprint density at radius 2 is 1.62 bits per heavy atom. The molecule has 1 unspecified atom stereocenters. The fraction of sp³-hybridized carbons (Fsp3) is 0.133. The van der Waals surface area contributed by atoms with E-state index in [-0.39, 0.29) is 10.6 Å². The van der Waals surface area contributed by atoms with E-state index >= 15 is 0 Å². The minimum atomic E-state index is -3.99. The zero-order valence-electron chi connectivity index (χ0n) is 11.3. The van der Waals surface area contributed by atoms with Gasteiger partial charge >= 0.3 is 16.1 Å². The Morgan fingerprint density at radius 3 is 2.24 bits per heavy atom. The van der Waals surface area contributed by atoms with Gasteiger partial charge in [0.1, 0.15) is 10.6 Å². The number of hydrogen-bond acceptors (Lipinski definition) is 4. The molecule has 110 valence electrons. The molecule has 0 aliphatic rings. The Bertz CT molecular complexity index is 738. The second kappa shape index (κ2) is 5.97. The van der Waals surface area contributed by atoms with Gasteiger partial charge < -0.3 is 9.29 Å². The Kier molecular flexibility index (Phi) is 4.28. The first-order chi connectivity index (χ1) is 9.92. The highest BCUT2D eigenvalue weighted by molar-refractivity contribution is 7.87. The summed E-state index contributed by atoms with van der Waals surface area (Å²) in [6.45, 7) is 1.47. The summed E-state index contributed by atoms with van der Waals surface area (Å²) in [5.41, 5.74) is 0.310. The van der Waals surface area contributed by atoms with Gasteiger partial charge in [0.15, 0.2) is 0 Å². The molecule has 0 saturated carbocycles. The molecule has 0 amide bonds. The minimum Gasteiger partial charge on any atom is -0.481 e. The van der Waals surface area contributed by atoms with Gasteiger partial charge in [-0.25, -0.2) is 0 Å². The number of carbonyl (C=O) groups is 1. The minimum absolute atomic E-state index is 0.0165. The lowest BCUT2D eigenvalue weighted by Gasteiger charge is -2.13. The molecule has 0 bridgehead atoms. The van der Waals surface area contributed by atoms with Crippen LogP contribution in [0.25, 0.3) is 0 Å². The van der Waals surface area contributed by atoms with Crippen LogP contribution in [0.5, 0.6) is 5.75 Å². The number of carboxylic acid groups (broad SMARTS) is 1. The Hall–Kier alpha value is -2.34. The van der Waals surface area contributed by atoms with Crippen molar-refractivity contribution < 1.29 is 22.5 Å². The van der Waals surface area contributed by atoms with Gasteiger partial charge in [0.2, 0.25) is 0 Å². The van der Waals surface area contributed by atoms with Gasteiger partial charge in [0, 0.05) is 5.56 Å². The van der Waals surface area contributed by atoms with E-state index in [4.69, 9.17) is 9.29 Å². The molecule has 0 aliphatic heterocycles. The maximum absolute atomic E-state index is 12.2. The normalized spacial score (nSPS) is 12.6. The summed E-state index contributed by atoms with van der Waals surface area (Å²) in [7, 11) is -3.99. The maximum atomic E-state index is 12.2. The van der Waals surface area contributed by atoms with Gasteiger partial charge in [-0.05, 0) is 25.1 Å². The van der Waals surface area contributed by atoms with Crippen LogP contribution in [-0.4, -0.2) is 19.5 Å². The molecule has 6 heteroatoms. The standard InChI is InChI=1S/C15H14O5S/c1-11(15(16)17)13-9-5-6-10-14(13)20-21(18,19)12-7-3-2-4-8-12/h2-11H,1H3,(H,16,17). The van der Waals surface area contributed by atoms with E-state index in [1.165, 1.54) is 31.2 Å². The summed E-state index contributed by atoms with van der Waals surface area (Å²) in [5.74, 6) is -1.90. The van der Waals surface area contributed by atoms with Gasteiger partial charge in [-0.2, -0.15) is 8.42 Å². The molecule has 21 heavy (non-hydrogen) atoms. The van der Waals surface area contributed by atoms with Gasteiger partial charge in [-0.3, -0.25) is 4.79 Å². The highest BCUT2D eigenvalue weighted by atomic mass is 32.2. The van der Waals surface area contributed by atoms with E-state index in [2.05, 4.69) is 0 Å². The maximum Gasteiger partial charge on any atom is 0.339 e. The first kappa shape index (κ1) is 15.1. The van der Waals surface area contributed by atoms with Crippen LogP contribution in [0.2, 0.25) is 0 Å². The van der Waals surface area contributed by atoms with E-state index < -0.39 is 22.0 Å². The van der Waals surface area contributed by atoms with Crippen LogP contribution in [0.1, 0.15) is 18.4 Å². The van der Waals surface area contributed by atoms with Crippen molar-refractivity contribution in [2.45, 2.75) is 17.7 Å². The van der Waals surface area contributed by atoms with Crippen molar-refractivity contribution in [3.05, 3.63) is 60.2 Å². The Balaban J connectivity index is 2.39. The Morgan fingerprint density at radius 1 is 1.05 bits per heavy atom. The van der Waals surface area contributed by atoms with Crippen molar-refractivity contribution >= 4 is 16.1 Å². The first-order valence-corrected chi connectivity index (χ1v) is 7.64. The van der Waals surface area contributed by atoms with Crippen molar-refractivity contribution in [3.63, 3.8) is 0 Å². The molecule has 0 aromatic heterocycles. The van der Waals surface area contributed by atoms with Gasteiger partial charge in [0.25, 0.3) is 0 Å². The molecule has 2 rings (SSSR count). The average Bonchev–Trinajstić information content (AvgIpc) is 2.47. The van der Waals surface area contributed by atoms with Crippen molar-refractivity contribution in [1.82, 2.24) is 0 Å². The number of aliphatic carboxylic acids is 1. The predicted molar refractivity (Wildman–Crippen MR) is 76.7 cm³/mol. The van der Waals surface area contributed by atoms with E-state index in [0.29, 0.717) is 5.56 Å². The van der Waals surface area contributed by atoms with Crippen LogP contribution in [0.15, 0.2) is 59.5 Å². The monoisotopic (exact) mass is 306 g/mol. The molecule has 1 atom stereocenters. The molecule has 0 heterocycles. The van der Waals surface area contributed by atoms with Crippen LogP contribution in [-0.2, 0) is 14.9 Å². The number of hydrogen-bond donors (Lipinski definition) is 1. The van der Waals surface area contributed by atoms with E-state index in [9.17, 15) is 13.2 Å². The molecule has 0 radical (unpaired) electrons. The van der Waals surface area contributed by atoms with Gasteiger partial charge in [-0.15, -0.1) is 0 Å². The van der Waals surface area contributed by atoms with Crippen LogP contribution in [0.4, 0.5) is 0 Å². The van der Waals surface area contributed by atoms with Crippen molar-refractivity contribution in [2.24, 2.45) is 0 Å². The largest absolute Gasteiger partial charge is 0.481 e. The van der Waals surface area contributed by atoms with E-state index in [1.54, 1.807) is 30.3 Å². The predicted octanol–water partition coefficient (Wildman–Crippen LogP) is 2.64. The van der Waals surface area contributed by atoms with Crippen LogP contribution in [0.3, 0.4) is 0 Å². The Labute approximate surface area is 122 Å². The summed E-state index contributed by atoms with van der Waals surface area (Å²) in [5, 5.41) is 9.07. The third-order valence-corrected chi connectivity index (χ3v) is 4.24. The van der Waals surface area contributed by atoms with E-state index in [0.717, 1.165) is 0 Å². The molecule has 0 spiro atoms. The molecule has 2 aromatic rings. The second-order valence-electron chi connectivity index (χ2n) is 4.45. The number of benzene rings is 2. The van der Waals surface area contributed by atoms with Crippen LogP contribution < -0.4 is 4.18 Å². The average molecular weight is 306 g/mol. The smallest absolute Gasteiger partial charge is 0.339 e. The molecular formula is C15H14O5S. The quantitative estimate of drug-likeness (QED) is 0.859. The van der Waals surface area contributed by atoms with Crippen molar-refractivity contribution in [2.75, 3.05) is 0 Å². The lowest BCUT2D eigenvalue weighted by molar-refractivity contribution is -0.138. The summed E-state index contributed by atoms with van der Waals surface area (Å²) >= 11 is 0. The summed E-state index contributed by atoms with van der Waals surface area (Å²) in [6.07, 6.45) is 0. The zero-order chi connectivity index (χ0) is 15.5. The van der Waals surface area contributed by atoms with Crippen molar-refractivity contribution in [3.8, 4) is 5.75 Å². The number of carboxylic acids is 1. The van der Waals surface area contributed by atoms with Crippen LogP contribution >= 0.6 is 0 Å². The third kappa shape index (κ3) is 3.41. The molecule has 0 aliphatic carbocycles.